The monoisotopic (exact) mass is 242 g/mol. The number of nitrogens with zero attached hydrogens (tertiary/aromatic N) is 1. The molecule has 2 rings (SSSR count). The molecule has 1 aliphatic carbocycles. The predicted octanol–water partition coefficient (Wildman–Crippen LogP) is 2.59. The minimum atomic E-state index is -0.177. The van der Waals surface area contributed by atoms with Gasteiger partial charge in [-0.1, -0.05) is 13.3 Å². The number of halogens is 1. The van der Waals surface area contributed by atoms with Gasteiger partial charge in [0.25, 0.3) is 0 Å². The van der Waals surface area contributed by atoms with Gasteiger partial charge in [0, 0.05) is 31.2 Å². The molecule has 2 nitrogen and oxygen atoms in total. The van der Waals surface area contributed by atoms with Gasteiger partial charge in [-0.05, 0) is 38.5 Å². The van der Waals surface area contributed by atoms with Crippen LogP contribution in [0.5, 0.6) is 0 Å². The highest BCUT2D eigenvalue weighted by Gasteiger charge is 2.47. The van der Waals surface area contributed by atoms with Crippen LogP contribution in [0.15, 0.2) is 0 Å². The summed E-state index contributed by atoms with van der Waals surface area (Å²) in [5.74, 6) is 0.845. The second kappa shape index (κ2) is 5.66. The van der Waals surface area contributed by atoms with Crippen molar-refractivity contribution in [2.24, 2.45) is 5.92 Å². The second-order valence-electron chi connectivity index (χ2n) is 5.99. The van der Waals surface area contributed by atoms with Crippen LogP contribution in [0.2, 0.25) is 0 Å². The maximum absolute atomic E-state index is 12.4. The van der Waals surface area contributed by atoms with Gasteiger partial charge in [-0.2, -0.15) is 0 Å². The Kier molecular flexibility index (Phi) is 4.42. The van der Waals surface area contributed by atoms with Crippen molar-refractivity contribution in [1.29, 1.82) is 0 Å². The molecule has 3 heteroatoms. The van der Waals surface area contributed by atoms with E-state index in [1.54, 1.807) is 0 Å². The first-order valence-corrected chi connectivity index (χ1v) is 7.25. The molecule has 0 spiro atoms. The Morgan fingerprint density at radius 2 is 2.18 bits per heavy atom. The fourth-order valence-electron chi connectivity index (χ4n) is 3.25. The van der Waals surface area contributed by atoms with Crippen LogP contribution in [-0.2, 0) is 0 Å². The molecular weight excluding hydrogens is 215 g/mol. The highest BCUT2D eigenvalue weighted by atomic mass is 19.1. The first-order valence-electron chi connectivity index (χ1n) is 7.25. The molecule has 17 heavy (non-hydrogen) atoms. The number of alkyl halides is 1. The second-order valence-corrected chi connectivity index (χ2v) is 5.99. The first-order chi connectivity index (χ1) is 8.20. The van der Waals surface area contributed by atoms with E-state index in [9.17, 15) is 4.39 Å². The van der Waals surface area contributed by atoms with Crippen molar-refractivity contribution in [1.82, 2.24) is 10.2 Å². The molecule has 2 fully saturated rings. The zero-order valence-electron chi connectivity index (χ0n) is 11.3. The summed E-state index contributed by atoms with van der Waals surface area (Å²) in [6, 6.07) is 0.617. The van der Waals surface area contributed by atoms with Gasteiger partial charge in [0.1, 0.15) is 0 Å². The third-order valence-electron chi connectivity index (χ3n) is 4.57. The van der Waals surface area contributed by atoms with E-state index < -0.39 is 0 Å². The SMILES string of the molecule is CCCC1CN(CCCF)C(C)(C2CC2)CN1. The Morgan fingerprint density at radius 1 is 1.41 bits per heavy atom. The Bertz CT molecular complexity index is 242. The van der Waals surface area contributed by atoms with Crippen LogP contribution < -0.4 is 5.32 Å². The molecule has 0 bridgehead atoms. The molecule has 1 saturated heterocycles. The summed E-state index contributed by atoms with van der Waals surface area (Å²) in [6.07, 6.45) is 5.90. The minimum Gasteiger partial charge on any atom is -0.311 e. The summed E-state index contributed by atoms with van der Waals surface area (Å²) in [7, 11) is 0. The fraction of sp³-hybridized carbons (Fsp3) is 1.00. The summed E-state index contributed by atoms with van der Waals surface area (Å²) in [4.78, 5) is 2.57. The summed E-state index contributed by atoms with van der Waals surface area (Å²) >= 11 is 0. The average molecular weight is 242 g/mol. The summed E-state index contributed by atoms with van der Waals surface area (Å²) in [5.41, 5.74) is 0.291. The van der Waals surface area contributed by atoms with E-state index in [0.29, 0.717) is 18.0 Å². The lowest BCUT2D eigenvalue weighted by Gasteiger charge is -2.49. The van der Waals surface area contributed by atoms with E-state index in [1.165, 1.54) is 25.7 Å². The van der Waals surface area contributed by atoms with E-state index in [2.05, 4.69) is 24.1 Å². The molecule has 2 aliphatic rings. The van der Waals surface area contributed by atoms with Crippen molar-refractivity contribution in [3.05, 3.63) is 0 Å². The summed E-state index contributed by atoms with van der Waals surface area (Å²) < 4.78 is 12.4. The molecule has 0 radical (unpaired) electrons. The highest BCUT2D eigenvalue weighted by Crippen LogP contribution is 2.44. The lowest BCUT2D eigenvalue weighted by Crippen LogP contribution is -2.64. The van der Waals surface area contributed by atoms with Crippen molar-refractivity contribution >= 4 is 0 Å². The van der Waals surface area contributed by atoms with E-state index in [4.69, 9.17) is 0 Å². The van der Waals surface area contributed by atoms with Gasteiger partial charge in [-0.25, -0.2) is 0 Å². The normalized spacial score (nSPS) is 35.1. The van der Waals surface area contributed by atoms with E-state index in [-0.39, 0.29) is 6.67 Å². The predicted molar refractivity (Wildman–Crippen MR) is 70.0 cm³/mol. The first kappa shape index (κ1) is 13.3. The zero-order valence-corrected chi connectivity index (χ0v) is 11.3. The molecule has 2 atom stereocenters. The Morgan fingerprint density at radius 3 is 2.76 bits per heavy atom. The van der Waals surface area contributed by atoms with Crippen molar-refractivity contribution in [2.45, 2.75) is 57.5 Å². The molecule has 1 N–H and O–H groups in total. The molecular formula is C14H27FN2. The van der Waals surface area contributed by atoms with E-state index in [0.717, 1.165) is 25.6 Å². The molecule has 0 aromatic carbocycles. The van der Waals surface area contributed by atoms with Crippen LogP contribution in [0, 0.1) is 5.92 Å². The van der Waals surface area contributed by atoms with Crippen LogP contribution in [-0.4, -0.2) is 42.8 Å². The van der Waals surface area contributed by atoms with Gasteiger partial charge in [0.05, 0.1) is 6.67 Å². The van der Waals surface area contributed by atoms with E-state index in [1.807, 2.05) is 0 Å². The zero-order chi connectivity index (χ0) is 12.3. The van der Waals surface area contributed by atoms with Gasteiger partial charge in [0.2, 0.25) is 0 Å². The molecule has 1 aliphatic heterocycles. The van der Waals surface area contributed by atoms with Gasteiger partial charge in [-0.15, -0.1) is 0 Å². The van der Waals surface area contributed by atoms with Crippen molar-refractivity contribution < 1.29 is 4.39 Å². The van der Waals surface area contributed by atoms with Crippen molar-refractivity contribution in [3.8, 4) is 0 Å². The Labute approximate surface area is 105 Å². The van der Waals surface area contributed by atoms with Crippen LogP contribution in [0.4, 0.5) is 4.39 Å². The van der Waals surface area contributed by atoms with Crippen LogP contribution in [0.3, 0.4) is 0 Å². The molecule has 2 unspecified atom stereocenters. The fourth-order valence-corrected chi connectivity index (χ4v) is 3.25. The molecule has 0 aromatic rings. The number of nitrogens with one attached hydrogen (secondary N) is 1. The number of rotatable bonds is 6. The molecule has 100 valence electrons. The molecule has 0 aromatic heterocycles. The Balaban J connectivity index is 1.96. The largest absolute Gasteiger partial charge is 0.311 e. The number of hydrogen-bond donors (Lipinski definition) is 1. The maximum atomic E-state index is 12.4. The van der Waals surface area contributed by atoms with Crippen molar-refractivity contribution in [2.75, 3.05) is 26.3 Å². The van der Waals surface area contributed by atoms with Gasteiger partial charge in [-0.3, -0.25) is 9.29 Å². The number of hydrogen-bond acceptors (Lipinski definition) is 2. The highest BCUT2D eigenvalue weighted by molar-refractivity contribution is 5.04. The topological polar surface area (TPSA) is 15.3 Å². The van der Waals surface area contributed by atoms with Gasteiger partial charge < -0.3 is 5.32 Å². The van der Waals surface area contributed by atoms with Crippen LogP contribution in [0.25, 0.3) is 0 Å². The van der Waals surface area contributed by atoms with Crippen molar-refractivity contribution in [3.63, 3.8) is 0 Å². The van der Waals surface area contributed by atoms with E-state index >= 15 is 0 Å². The molecule has 0 amide bonds. The number of piperazine rings is 1. The minimum absolute atomic E-state index is 0.177. The summed E-state index contributed by atoms with van der Waals surface area (Å²) in [5, 5.41) is 3.70. The summed E-state index contributed by atoms with van der Waals surface area (Å²) in [6.45, 7) is 7.57. The van der Waals surface area contributed by atoms with Crippen LogP contribution in [0.1, 0.15) is 46.0 Å². The van der Waals surface area contributed by atoms with Gasteiger partial charge >= 0.3 is 0 Å². The Hall–Kier alpha value is -0.150. The quantitative estimate of drug-likeness (QED) is 0.770. The molecule has 1 saturated carbocycles. The smallest absolute Gasteiger partial charge is 0.0906 e. The molecule has 1 heterocycles. The lowest BCUT2D eigenvalue weighted by molar-refractivity contribution is 0.0308. The average Bonchev–Trinajstić information content (AvgIpc) is 3.14. The third kappa shape index (κ3) is 3.00. The standard InChI is InChI=1S/C14H27FN2/c1-3-5-13-10-17(9-4-8-15)14(2,11-16-13)12-6-7-12/h12-13,16H,3-11H2,1-2H3. The van der Waals surface area contributed by atoms with Crippen LogP contribution >= 0.6 is 0 Å². The lowest BCUT2D eigenvalue weighted by atomic mass is 9.88. The maximum Gasteiger partial charge on any atom is 0.0906 e. The third-order valence-corrected chi connectivity index (χ3v) is 4.57. The van der Waals surface area contributed by atoms with Gasteiger partial charge in [0.15, 0.2) is 0 Å².